The molecule has 0 aliphatic carbocycles. The van der Waals surface area contributed by atoms with Crippen LogP contribution in [0.3, 0.4) is 0 Å². The first-order valence-corrected chi connectivity index (χ1v) is 9.13. The smallest absolute Gasteiger partial charge is 0.0331 e. The Kier molecular flexibility index (Phi) is 5.50. The van der Waals surface area contributed by atoms with Crippen LogP contribution in [-0.4, -0.2) is 23.0 Å². The molecule has 1 aromatic rings. The van der Waals surface area contributed by atoms with Crippen molar-refractivity contribution in [2.24, 2.45) is 11.8 Å². The molecule has 2 nitrogen and oxygen atoms in total. The van der Waals surface area contributed by atoms with Gasteiger partial charge in [-0.15, -0.1) is 11.3 Å². The summed E-state index contributed by atoms with van der Waals surface area (Å²) in [6, 6.07) is 5.32. The van der Waals surface area contributed by atoms with Crippen molar-refractivity contribution in [2.45, 2.75) is 72.6 Å². The molecule has 2 heterocycles. The Labute approximate surface area is 134 Å². The van der Waals surface area contributed by atoms with Gasteiger partial charge in [0.2, 0.25) is 0 Å². The summed E-state index contributed by atoms with van der Waals surface area (Å²) in [6.07, 6.45) is 1.38. The molecule has 1 N–H and O–H groups in total. The Morgan fingerprint density at radius 3 is 2.52 bits per heavy atom. The van der Waals surface area contributed by atoms with Gasteiger partial charge in [-0.2, -0.15) is 0 Å². The third-order valence-electron chi connectivity index (χ3n) is 4.59. The Bertz CT molecular complexity index is 446. The topological polar surface area (TPSA) is 15.3 Å². The Balaban J connectivity index is 1.92. The molecule has 1 aliphatic heterocycles. The quantitative estimate of drug-likeness (QED) is 0.881. The van der Waals surface area contributed by atoms with Crippen LogP contribution < -0.4 is 5.32 Å². The van der Waals surface area contributed by atoms with Gasteiger partial charge in [-0.1, -0.05) is 13.8 Å². The van der Waals surface area contributed by atoms with Crippen LogP contribution in [0.5, 0.6) is 0 Å². The lowest BCUT2D eigenvalue weighted by molar-refractivity contribution is 0.0739. The molecule has 0 spiro atoms. The van der Waals surface area contributed by atoms with Gasteiger partial charge in [-0.05, 0) is 58.1 Å². The number of rotatable bonds is 4. The fourth-order valence-corrected chi connectivity index (χ4v) is 4.18. The second-order valence-electron chi connectivity index (χ2n) is 7.96. The lowest BCUT2D eigenvalue weighted by atomic mass is 9.86. The van der Waals surface area contributed by atoms with E-state index in [1.807, 2.05) is 11.3 Å². The minimum absolute atomic E-state index is 0.191. The van der Waals surface area contributed by atoms with Crippen LogP contribution in [0.15, 0.2) is 12.1 Å². The molecular weight excluding hydrogens is 276 g/mol. The summed E-state index contributed by atoms with van der Waals surface area (Å²) in [6.45, 7) is 17.2. The molecule has 0 radical (unpaired) electrons. The molecule has 21 heavy (non-hydrogen) atoms. The first-order valence-electron chi connectivity index (χ1n) is 8.31. The van der Waals surface area contributed by atoms with Crippen LogP contribution >= 0.6 is 11.3 Å². The number of likely N-dealkylation sites (tertiary alicyclic amines) is 1. The fourth-order valence-electron chi connectivity index (χ4n) is 3.20. The van der Waals surface area contributed by atoms with E-state index in [0.29, 0.717) is 6.04 Å². The Morgan fingerprint density at radius 2 is 1.86 bits per heavy atom. The van der Waals surface area contributed by atoms with Crippen molar-refractivity contribution in [3.05, 3.63) is 21.9 Å². The van der Waals surface area contributed by atoms with E-state index in [1.54, 1.807) is 0 Å². The molecule has 0 aromatic carbocycles. The molecule has 120 valence electrons. The van der Waals surface area contributed by atoms with Crippen molar-refractivity contribution in [2.75, 3.05) is 6.54 Å². The molecule has 1 saturated heterocycles. The van der Waals surface area contributed by atoms with E-state index in [1.165, 1.54) is 22.7 Å². The van der Waals surface area contributed by atoms with E-state index in [2.05, 4.69) is 63.9 Å². The zero-order valence-electron chi connectivity index (χ0n) is 14.6. The van der Waals surface area contributed by atoms with E-state index in [-0.39, 0.29) is 5.54 Å². The molecule has 3 atom stereocenters. The lowest BCUT2D eigenvalue weighted by Crippen LogP contribution is -2.44. The number of thiophene rings is 1. The summed E-state index contributed by atoms with van der Waals surface area (Å²) in [5.74, 6) is 1.65. The van der Waals surface area contributed by atoms with Crippen LogP contribution in [0.4, 0.5) is 0 Å². The molecule has 3 unspecified atom stereocenters. The summed E-state index contributed by atoms with van der Waals surface area (Å²) in [5, 5.41) is 3.57. The highest BCUT2D eigenvalue weighted by Crippen LogP contribution is 2.29. The van der Waals surface area contributed by atoms with E-state index in [0.717, 1.165) is 24.9 Å². The zero-order valence-corrected chi connectivity index (χ0v) is 15.4. The van der Waals surface area contributed by atoms with Gasteiger partial charge >= 0.3 is 0 Å². The van der Waals surface area contributed by atoms with E-state index < -0.39 is 0 Å². The number of piperidine rings is 1. The maximum atomic E-state index is 3.57. The first kappa shape index (κ1) is 17.0. The molecule has 0 saturated carbocycles. The third kappa shape index (κ3) is 5.08. The van der Waals surface area contributed by atoms with Crippen molar-refractivity contribution in [3.63, 3.8) is 0 Å². The van der Waals surface area contributed by atoms with Crippen molar-refractivity contribution < 1.29 is 0 Å². The normalized spacial score (nSPS) is 28.0. The van der Waals surface area contributed by atoms with Gasteiger partial charge in [-0.25, -0.2) is 0 Å². The predicted molar refractivity (Wildman–Crippen MR) is 93.7 cm³/mol. The highest BCUT2D eigenvalue weighted by Gasteiger charge is 2.28. The average Bonchev–Trinajstić information content (AvgIpc) is 2.80. The van der Waals surface area contributed by atoms with E-state index in [4.69, 9.17) is 0 Å². The standard InChI is InChI=1S/C18H32N2S/c1-13-9-14(2)15(3)20(11-13)12-17-8-7-16(21-17)10-19-18(4,5)6/h7-8,13-15,19H,9-12H2,1-6H3. The molecule has 3 heteroatoms. The summed E-state index contributed by atoms with van der Waals surface area (Å²) >= 11 is 1.97. The molecule has 1 aromatic heterocycles. The summed E-state index contributed by atoms with van der Waals surface area (Å²) in [4.78, 5) is 5.63. The third-order valence-corrected chi connectivity index (χ3v) is 5.66. The monoisotopic (exact) mass is 308 g/mol. The largest absolute Gasteiger partial charge is 0.307 e. The lowest BCUT2D eigenvalue weighted by Gasteiger charge is -2.40. The van der Waals surface area contributed by atoms with E-state index >= 15 is 0 Å². The first-order chi connectivity index (χ1) is 9.74. The number of nitrogens with one attached hydrogen (secondary N) is 1. The molecule has 2 rings (SSSR count). The van der Waals surface area contributed by atoms with Crippen molar-refractivity contribution in [3.8, 4) is 0 Å². The van der Waals surface area contributed by atoms with Crippen LogP contribution in [0.2, 0.25) is 0 Å². The summed E-state index contributed by atoms with van der Waals surface area (Å²) in [5.41, 5.74) is 0.191. The van der Waals surface area contributed by atoms with Crippen molar-refractivity contribution in [1.82, 2.24) is 10.2 Å². The summed E-state index contributed by atoms with van der Waals surface area (Å²) < 4.78 is 0. The maximum absolute atomic E-state index is 3.57. The predicted octanol–water partition coefficient (Wildman–Crippen LogP) is 4.50. The summed E-state index contributed by atoms with van der Waals surface area (Å²) in [7, 11) is 0. The fraction of sp³-hybridized carbons (Fsp3) is 0.778. The van der Waals surface area contributed by atoms with E-state index in [9.17, 15) is 0 Å². The molecule has 1 fully saturated rings. The van der Waals surface area contributed by atoms with Crippen LogP contribution in [-0.2, 0) is 13.1 Å². The highest BCUT2D eigenvalue weighted by molar-refractivity contribution is 7.11. The van der Waals surface area contributed by atoms with Crippen molar-refractivity contribution >= 4 is 11.3 Å². The SMILES string of the molecule is CC1CC(C)C(C)N(Cc2ccc(CNC(C)(C)C)s2)C1. The highest BCUT2D eigenvalue weighted by atomic mass is 32.1. The van der Waals surface area contributed by atoms with Gasteiger partial charge in [0, 0.05) is 41.0 Å². The minimum atomic E-state index is 0.191. The molecule has 1 aliphatic rings. The van der Waals surface area contributed by atoms with Crippen molar-refractivity contribution in [1.29, 1.82) is 0 Å². The van der Waals surface area contributed by atoms with Gasteiger partial charge in [0.05, 0.1) is 0 Å². The zero-order chi connectivity index (χ0) is 15.6. The van der Waals surface area contributed by atoms with Crippen LogP contribution in [0.25, 0.3) is 0 Å². The number of hydrogen-bond donors (Lipinski definition) is 1. The van der Waals surface area contributed by atoms with Crippen LogP contribution in [0.1, 0.15) is 57.7 Å². The molecule has 0 bridgehead atoms. The second kappa shape index (κ2) is 6.80. The molecule has 0 amide bonds. The second-order valence-corrected chi connectivity index (χ2v) is 9.21. The Morgan fingerprint density at radius 1 is 1.19 bits per heavy atom. The van der Waals surface area contributed by atoms with Crippen LogP contribution in [0, 0.1) is 11.8 Å². The van der Waals surface area contributed by atoms with Gasteiger partial charge in [0.15, 0.2) is 0 Å². The van der Waals surface area contributed by atoms with Gasteiger partial charge in [-0.3, -0.25) is 4.90 Å². The van der Waals surface area contributed by atoms with Gasteiger partial charge < -0.3 is 5.32 Å². The Hall–Kier alpha value is -0.380. The van der Waals surface area contributed by atoms with Gasteiger partial charge in [0.25, 0.3) is 0 Å². The van der Waals surface area contributed by atoms with Gasteiger partial charge in [0.1, 0.15) is 0 Å². The number of hydrogen-bond acceptors (Lipinski definition) is 3. The minimum Gasteiger partial charge on any atom is -0.307 e. The maximum Gasteiger partial charge on any atom is 0.0331 e. The molecular formula is C18H32N2S. The average molecular weight is 309 g/mol. The number of nitrogens with zero attached hydrogens (tertiary/aromatic N) is 1.